The molecule has 0 spiro atoms. The van der Waals surface area contributed by atoms with E-state index in [0.29, 0.717) is 6.54 Å². The van der Waals surface area contributed by atoms with Crippen LogP contribution in [0.1, 0.15) is 19.8 Å². The van der Waals surface area contributed by atoms with E-state index in [1.54, 1.807) is 19.1 Å². The minimum absolute atomic E-state index is 0.170. The highest BCUT2D eigenvalue weighted by molar-refractivity contribution is 7.91. The van der Waals surface area contributed by atoms with Crippen LogP contribution < -0.4 is 4.90 Å². The Kier molecular flexibility index (Phi) is 4.83. The van der Waals surface area contributed by atoms with Gasteiger partial charge in [-0.2, -0.15) is 8.78 Å². The quantitative estimate of drug-likeness (QED) is 0.925. The highest BCUT2D eigenvalue weighted by Gasteiger charge is 2.27. The Morgan fingerprint density at radius 3 is 2.43 bits per heavy atom. The van der Waals surface area contributed by atoms with Crippen LogP contribution in [0.15, 0.2) is 29.2 Å². The van der Waals surface area contributed by atoms with Gasteiger partial charge in [0.05, 0.1) is 11.0 Å². The summed E-state index contributed by atoms with van der Waals surface area (Å²) in [5.41, 5.74) is 0.786. The monoisotopic (exact) mass is 319 g/mol. The molecular weight excluding hydrogens is 300 g/mol. The fraction of sp³-hybridized carbons (Fsp3) is 0.571. The number of hydrogen-bond acceptors (Lipinski definition) is 4. The molecule has 0 aromatic heterocycles. The Bertz CT molecular complexity index is 572. The van der Waals surface area contributed by atoms with E-state index in [-0.39, 0.29) is 10.8 Å². The van der Waals surface area contributed by atoms with Crippen molar-refractivity contribution in [2.45, 2.75) is 36.5 Å². The van der Waals surface area contributed by atoms with Gasteiger partial charge in [0.2, 0.25) is 9.84 Å². The predicted octanol–water partition coefficient (Wildman–Crippen LogP) is 2.28. The minimum atomic E-state index is -4.54. The fourth-order valence-electron chi connectivity index (χ4n) is 2.59. The second-order valence-electron chi connectivity index (χ2n) is 5.39. The van der Waals surface area contributed by atoms with Crippen LogP contribution in [0.25, 0.3) is 0 Å². The average Bonchev–Trinajstić information content (AvgIpc) is 2.47. The smallest absolute Gasteiger partial charge is 0.341 e. The van der Waals surface area contributed by atoms with Crippen LogP contribution in [0.5, 0.6) is 0 Å². The maximum absolute atomic E-state index is 12.5. The molecule has 1 aromatic carbocycles. The standard InChI is InChI=1S/C14H19F2NO3S/c1-10(18)11-3-2-8-17(9-11)12-4-6-13(7-5-12)21(19,20)14(15)16/h4-7,10-11,14,18H,2-3,8-9H2,1H3. The van der Waals surface area contributed by atoms with Gasteiger partial charge in [0.1, 0.15) is 0 Å². The predicted molar refractivity (Wildman–Crippen MR) is 76.2 cm³/mol. The van der Waals surface area contributed by atoms with Crippen molar-refractivity contribution in [2.24, 2.45) is 5.92 Å². The van der Waals surface area contributed by atoms with Crippen molar-refractivity contribution in [3.63, 3.8) is 0 Å². The molecule has 0 amide bonds. The van der Waals surface area contributed by atoms with Gasteiger partial charge in [-0.1, -0.05) is 0 Å². The molecule has 1 aliphatic rings. The number of rotatable bonds is 4. The Morgan fingerprint density at radius 1 is 1.29 bits per heavy atom. The first-order valence-corrected chi connectivity index (χ1v) is 8.42. The fourth-order valence-corrected chi connectivity index (χ4v) is 3.31. The van der Waals surface area contributed by atoms with E-state index in [4.69, 9.17) is 0 Å². The molecule has 1 N–H and O–H groups in total. The summed E-state index contributed by atoms with van der Waals surface area (Å²) in [6.07, 6.45) is 1.49. The van der Waals surface area contributed by atoms with Gasteiger partial charge in [0.15, 0.2) is 0 Å². The largest absolute Gasteiger partial charge is 0.393 e. The maximum atomic E-state index is 12.5. The Morgan fingerprint density at radius 2 is 1.90 bits per heavy atom. The minimum Gasteiger partial charge on any atom is -0.393 e. The third-order valence-corrected chi connectivity index (χ3v) is 5.30. The third kappa shape index (κ3) is 3.52. The summed E-state index contributed by atoms with van der Waals surface area (Å²) >= 11 is 0. The highest BCUT2D eigenvalue weighted by atomic mass is 32.2. The van der Waals surface area contributed by atoms with E-state index < -0.39 is 21.7 Å². The molecule has 1 heterocycles. The van der Waals surface area contributed by atoms with Crippen molar-refractivity contribution in [1.82, 2.24) is 0 Å². The molecule has 118 valence electrons. The SMILES string of the molecule is CC(O)C1CCCN(c2ccc(S(=O)(=O)C(F)F)cc2)C1. The molecule has 2 unspecified atom stereocenters. The van der Waals surface area contributed by atoms with E-state index in [1.165, 1.54) is 12.1 Å². The van der Waals surface area contributed by atoms with Crippen LogP contribution in [0.4, 0.5) is 14.5 Å². The lowest BCUT2D eigenvalue weighted by atomic mass is 9.93. The zero-order valence-electron chi connectivity index (χ0n) is 11.7. The van der Waals surface area contributed by atoms with Crippen molar-refractivity contribution >= 4 is 15.5 Å². The summed E-state index contributed by atoms with van der Waals surface area (Å²) in [5, 5.41) is 9.66. The van der Waals surface area contributed by atoms with E-state index in [0.717, 1.165) is 25.1 Å². The highest BCUT2D eigenvalue weighted by Crippen LogP contribution is 2.27. The molecule has 21 heavy (non-hydrogen) atoms. The van der Waals surface area contributed by atoms with Crippen LogP contribution in [0.2, 0.25) is 0 Å². The first kappa shape index (κ1) is 16.2. The second-order valence-corrected chi connectivity index (χ2v) is 7.31. The summed E-state index contributed by atoms with van der Waals surface area (Å²) in [6.45, 7) is 3.25. The number of anilines is 1. The van der Waals surface area contributed by atoms with Crippen molar-refractivity contribution < 1.29 is 22.3 Å². The molecule has 0 saturated carbocycles. The van der Waals surface area contributed by atoms with Crippen molar-refractivity contribution in [2.75, 3.05) is 18.0 Å². The van der Waals surface area contributed by atoms with Gasteiger partial charge in [-0.05, 0) is 44.0 Å². The molecule has 1 aromatic rings. The summed E-state index contributed by atoms with van der Waals surface area (Å²) in [4.78, 5) is 1.67. The van der Waals surface area contributed by atoms with Crippen molar-refractivity contribution in [3.8, 4) is 0 Å². The molecule has 0 bridgehead atoms. The lowest BCUT2D eigenvalue weighted by molar-refractivity contribution is 0.115. The number of piperidine rings is 1. The average molecular weight is 319 g/mol. The first-order chi connectivity index (χ1) is 9.82. The second kappa shape index (κ2) is 6.27. The van der Waals surface area contributed by atoms with Gasteiger partial charge < -0.3 is 10.0 Å². The molecule has 1 saturated heterocycles. The van der Waals surface area contributed by atoms with Crippen molar-refractivity contribution in [1.29, 1.82) is 0 Å². The summed E-state index contributed by atoms with van der Waals surface area (Å²) in [6, 6.07) is 5.50. The summed E-state index contributed by atoms with van der Waals surface area (Å²) < 4.78 is 47.7. The van der Waals surface area contributed by atoms with Crippen LogP contribution in [-0.4, -0.2) is 38.5 Å². The van der Waals surface area contributed by atoms with Crippen LogP contribution in [0, 0.1) is 5.92 Å². The zero-order chi connectivity index (χ0) is 15.6. The van der Waals surface area contributed by atoms with Gasteiger partial charge in [-0.25, -0.2) is 8.42 Å². The van der Waals surface area contributed by atoms with Crippen LogP contribution >= 0.6 is 0 Å². The summed E-state index contributed by atoms with van der Waals surface area (Å²) in [5.74, 6) is -3.24. The molecular formula is C14H19F2NO3S. The summed E-state index contributed by atoms with van der Waals surface area (Å²) in [7, 11) is -4.54. The normalized spacial score (nSPS) is 21.6. The van der Waals surface area contributed by atoms with E-state index in [9.17, 15) is 22.3 Å². The van der Waals surface area contributed by atoms with Gasteiger partial charge in [-0.3, -0.25) is 0 Å². The number of sulfone groups is 1. The number of hydrogen-bond donors (Lipinski definition) is 1. The lowest BCUT2D eigenvalue weighted by Gasteiger charge is -2.35. The third-order valence-electron chi connectivity index (χ3n) is 3.91. The Balaban J connectivity index is 2.16. The molecule has 1 aliphatic heterocycles. The number of alkyl halides is 2. The van der Waals surface area contributed by atoms with Gasteiger partial charge in [0.25, 0.3) is 0 Å². The van der Waals surface area contributed by atoms with Crippen molar-refractivity contribution in [3.05, 3.63) is 24.3 Å². The van der Waals surface area contributed by atoms with Gasteiger partial charge in [0, 0.05) is 24.7 Å². The zero-order valence-corrected chi connectivity index (χ0v) is 12.6. The molecule has 4 nitrogen and oxygen atoms in total. The maximum Gasteiger partial charge on any atom is 0.341 e. The molecule has 1 fully saturated rings. The number of aliphatic hydroxyl groups excluding tert-OH is 1. The van der Waals surface area contributed by atoms with E-state index in [2.05, 4.69) is 0 Å². The molecule has 0 radical (unpaired) electrons. The first-order valence-electron chi connectivity index (χ1n) is 6.87. The molecule has 0 aliphatic carbocycles. The Labute approximate surface area is 123 Å². The van der Waals surface area contributed by atoms with Gasteiger partial charge in [-0.15, -0.1) is 0 Å². The number of benzene rings is 1. The molecule has 2 rings (SSSR count). The Hall–Kier alpha value is -1.21. The molecule has 2 atom stereocenters. The van der Waals surface area contributed by atoms with Gasteiger partial charge >= 0.3 is 5.76 Å². The van der Waals surface area contributed by atoms with Crippen LogP contribution in [0.3, 0.4) is 0 Å². The topological polar surface area (TPSA) is 57.6 Å². The lowest BCUT2D eigenvalue weighted by Crippen LogP contribution is -2.39. The number of aliphatic hydroxyl groups is 1. The number of halogens is 2. The number of nitrogens with zero attached hydrogens (tertiary/aromatic N) is 1. The van der Waals surface area contributed by atoms with Crippen LogP contribution in [-0.2, 0) is 9.84 Å². The molecule has 7 heteroatoms. The van der Waals surface area contributed by atoms with E-state index >= 15 is 0 Å². The van der Waals surface area contributed by atoms with E-state index in [1.807, 2.05) is 4.90 Å².